The molecule has 3 heteroatoms. The molecule has 0 saturated heterocycles. The first kappa shape index (κ1) is 15.4. The molecular formula is C18H18O2S. The predicted molar refractivity (Wildman–Crippen MR) is 88.6 cm³/mol. The van der Waals surface area contributed by atoms with E-state index in [2.05, 4.69) is 0 Å². The second-order valence-corrected chi connectivity index (χ2v) is 5.71. The van der Waals surface area contributed by atoms with E-state index in [1.807, 2.05) is 60.7 Å². The Kier molecular flexibility index (Phi) is 5.64. The fourth-order valence-corrected chi connectivity index (χ4v) is 2.68. The molecular weight excluding hydrogens is 280 g/mol. The van der Waals surface area contributed by atoms with Crippen molar-refractivity contribution in [3.8, 4) is 0 Å². The molecule has 0 spiro atoms. The van der Waals surface area contributed by atoms with Gasteiger partial charge in [-0.05, 0) is 28.8 Å². The fourth-order valence-electron chi connectivity index (χ4n) is 2.32. The number of carboxylic acids is 1. The van der Waals surface area contributed by atoms with E-state index in [4.69, 9.17) is 12.2 Å². The average molecular weight is 298 g/mol. The van der Waals surface area contributed by atoms with E-state index in [0.29, 0.717) is 19.3 Å². The maximum atomic E-state index is 11.4. The molecule has 0 aliphatic carbocycles. The molecule has 0 heterocycles. The van der Waals surface area contributed by atoms with Crippen molar-refractivity contribution in [2.24, 2.45) is 5.92 Å². The molecule has 2 rings (SSSR count). The van der Waals surface area contributed by atoms with Crippen LogP contribution in [0.1, 0.15) is 17.5 Å². The molecule has 0 aliphatic rings. The largest absolute Gasteiger partial charge is 0.481 e. The third-order valence-corrected chi connectivity index (χ3v) is 3.70. The lowest BCUT2D eigenvalue weighted by Gasteiger charge is -2.13. The number of thiocarbonyl (C=S) groups is 1. The summed E-state index contributed by atoms with van der Waals surface area (Å²) in [6.07, 6.45) is 1.62. The Labute approximate surface area is 130 Å². The highest BCUT2D eigenvalue weighted by atomic mass is 32.1. The van der Waals surface area contributed by atoms with Crippen LogP contribution in [0.4, 0.5) is 0 Å². The minimum atomic E-state index is -0.783. The molecule has 0 aliphatic heterocycles. The molecule has 2 nitrogen and oxygen atoms in total. The lowest BCUT2D eigenvalue weighted by atomic mass is 9.93. The molecule has 2 aromatic carbocycles. The van der Waals surface area contributed by atoms with Crippen LogP contribution < -0.4 is 0 Å². The molecule has 0 bridgehead atoms. The summed E-state index contributed by atoms with van der Waals surface area (Å²) in [5.74, 6) is -1.24. The molecule has 21 heavy (non-hydrogen) atoms. The van der Waals surface area contributed by atoms with Gasteiger partial charge in [0, 0.05) is 6.42 Å². The summed E-state index contributed by atoms with van der Waals surface area (Å²) in [6, 6.07) is 19.6. The summed E-state index contributed by atoms with van der Waals surface area (Å²) in [7, 11) is 0. The van der Waals surface area contributed by atoms with Gasteiger partial charge in [-0.15, -0.1) is 0 Å². The van der Waals surface area contributed by atoms with Crippen molar-refractivity contribution in [1.82, 2.24) is 0 Å². The summed E-state index contributed by atoms with van der Waals surface area (Å²) < 4.78 is 0. The molecule has 1 atom stereocenters. The van der Waals surface area contributed by atoms with Crippen LogP contribution in [0.15, 0.2) is 60.7 Å². The standard InChI is InChI=1S/C18H18O2S/c19-18(20)16(11-14-7-3-1-4-8-14)13-17(21)12-15-9-5-2-6-10-15/h1-10,16H,11-13H2,(H,19,20). The first-order chi connectivity index (χ1) is 10.1. The molecule has 1 unspecified atom stereocenters. The first-order valence-corrected chi connectivity index (χ1v) is 7.38. The Morgan fingerprint density at radius 1 is 0.952 bits per heavy atom. The van der Waals surface area contributed by atoms with Crippen LogP contribution in [0.2, 0.25) is 0 Å². The van der Waals surface area contributed by atoms with E-state index >= 15 is 0 Å². The molecule has 0 saturated carbocycles. The minimum absolute atomic E-state index is 0.439. The molecule has 2 aromatic rings. The van der Waals surface area contributed by atoms with Gasteiger partial charge >= 0.3 is 5.97 Å². The summed E-state index contributed by atoms with van der Waals surface area (Å²) in [6.45, 7) is 0. The molecule has 0 radical (unpaired) electrons. The SMILES string of the molecule is O=C(O)C(CC(=S)Cc1ccccc1)Cc1ccccc1. The van der Waals surface area contributed by atoms with E-state index in [0.717, 1.165) is 16.0 Å². The molecule has 0 fully saturated rings. The summed E-state index contributed by atoms with van der Waals surface area (Å²) in [5.41, 5.74) is 2.17. The van der Waals surface area contributed by atoms with Gasteiger partial charge in [-0.1, -0.05) is 72.9 Å². The quantitative estimate of drug-likeness (QED) is 0.787. The number of hydrogen-bond acceptors (Lipinski definition) is 2. The number of aliphatic carboxylic acids is 1. The van der Waals surface area contributed by atoms with Crippen molar-refractivity contribution in [2.45, 2.75) is 19.3 Å². The predicted octanol–water partition coefficient (Wildman–Crippen LogP) is 3.93. The summed E-state index contributed by atoms with van der Waals surface area (Å²) in [5, 5.41) is 9.39. The minimum Gasteiger partial charge on any atom is -0.481 e. The van der Waals surface area contributed by atoms with Gasteiger partial charge in [0.05, 0.1) is 5.92 Å². The van der Waals surface area contributed by atoms with Gasteiger partial charge in [0.2, 0.25) is 0 Å². The van der Waals surface area contributed by atoms with Gasteiger partial charge in [0.25, 0.3) is 0 Å². The van der Waals surface area contributed by atoms with Gasteiger partial charge < -0.3 is 5.11 Å². The number of hydrogen-bond donors (Lipinski definition) is 1. The van der Waals surface area contributed by atoms with Gasteiger partial charge in [-0.3, -0.25) is 4.79 Å². The second-order valence-electron chi connectivity index (χ2n) is 5.13. The van der Waals surface area contributed by atoms with Crippen LogP contribution in [-0.2, 0) is 17.6 Å². The Bertz CT molecular complexity index is 593. The van der Waals surface area contributed by atoms with Crippen molar-refractivity contribution in [1.29, 1.82) is 0 Å². The highest BCUT2D eigenvalue weighted by Crippen LogP contribution is 2.16. The smallest absolute Gasteiger partial charge is 0.307 e. The monoisotopic (exact) mass is 298 g/mol. The first-order valence-electron chi connectivity index (χ1n) is 6.97. The van der Waals surface area contributed by atoms with E-state index in [1.54, 1.807) is 0 Å². The van der Waals surface area contributed by atoms with Crippen molar-refractivity contribution in [2.75, 3.05) is 0 Å². The van der Waals surface area contributed by atoms with Crippen molar-refractivity contribution >= 4 is 23.1 Å². The van der Waals surface area contributed by atoms with Crippen molar-refractivity contribution < 1.29 is 9.90 Å². The number of carboxylic acid groups (broad SMARTS) is 1. The van der Waals surface area contributed by atoms with Crippen LogP contribution in [0.25, 0.3) is 0 Å². The zero-order valence-corrected chi connectivity index (χ0v) is 12.6. The molecule has 0 amide bonds. The number of rotatable bonds is 7. The van der Waals surface area contributed by atoms with Crippen LogP contribution in [-0.4, -0.2) is 15.9 Å². The Morgan fingerprint density at radius 2 is 1.48 bits per heavy atom. The summed E-state index contributed by atoms with van der Waals surface area (Å²) in [4.78, 5) is 12.2. The maximum absolute atomic E-state index is 11.4. The topological polar surface area (TPSA) is 37.3 Å². The van der Waals surface area contributed by atoms with E-state index in [1.165, 1.54) is 0 Å². The second kappa shape index (κ2) is 7.70. The number of carbonyl (C=O) groups is 1. The fraction of sp³-hybridized carbons (Fsp3) is 0.222. The molecule has 108 valence electrons. The van der Waals surface area contributed by atoms with Gasteiger partial charge in [0.1, 0.15) is 0 Å². The zero-order valence-electron chi connectivity index (χ0n) is 11.7. The van der Waals surface area contributed by atoms with E-state index in [-0.39, 0.29) is 0 Å². The average Bonchev–Trinajstić information content (AvgIpc) is 2.48. The highest BCUT2D eigenvalue weighted by molar-refractivity contribution is 7.80. The Morgan fingerprint density at radius 3 is 2.00 bits per heavy atom. The molecule has 0 aromatic heterocycles. The third kappa shape index (κ3) is 5.12. The zero-order chi connectivity index (χ0) is 15.1. The lowest BCUT2D eigenvalue weighted by Crippen LogP contribution is -2.20. The van der Waals surface area contributed by atoms with Gasteiger partial charge in [0.15, 0.2) is 0 Å². The summed E-state index contributed by atoms with van der Waals surface area (Å²) >= 11 is 5.38. The Hall–Kier alpha value is -2.00. The van der Waals surface area contributed by atoms with E-state index < -0.39 is 11.9 Å². The van der Waals surface area contributed by atoms with Gasteiger partial charge in [-0.25, -0.2) is 0 Å². The Balaban J connectivity index is 1.96. The van der Waals surface area contributed by atoms with E-state index in [9.17, 15) is 9.90 Å². The van der Waals surface area contributed by atoms with Gasteiger partial charge in [-0.2, -0.15) is 0 Å². The maximum Gasteiger partial charge on any atom is 0.307 e. The van der Waals surface area contributed by atoms with Crippen LogP contribution >= 0.6 is 12.2 Å². The number of benzene rings is 2. The third-order valence-electron chi connectivity index (χ3n) is 3.39. The van der Waals surface area contributed by atoms with Crippen molar-refractivity contribution in [3.05, 3.63) is 71.8 Å². The van der Waals surface area contributed by atoms with Crippen LogP contribution in [0.3, 0.4) is 0 Å². The molecule has 1 N–H and O–H groups in total. The highest BCUT2D eigenvalue weighted by Gasteiger charge is 2.19. The van der Waals surface area contributed by atoms with Crippen LogP contribution in [0, 0.1) is 5.92 Å². The normalized spacial score (nSPS) is 11.8. The lowest BCUT2D eigenvalue weighted by molar-refractivity contribution is -0.141. The van der Waals surface area contributed by atoms with Crippen LogP contribution in [0.5, 0.6) is 0 Å². The van der Waals surface area contributed by atoms with Crippen molar-refractivity contribution in [3.63, 3.8) is 0 Å².